The number of H-pyrrole nitrogens is 1. The molecule has 0 fully saturated rings. The van der Waals surface area contributed by atoms with E-state index in [0.717, 1.165) is 22.2 Å². The monoisotopic (exact) mass is 352 g/mol. The van der Waals surface area contributed by atoms with Gasteiger partial charge in [0.2, 0.25) is 5.95 Å². The van der Waals surface area contributed by atoms with E-state index in [1.165, 1.54) is 0 Å². The van der Waals surface area contributed by atoms with Crippen LogP contribution in [-0.4, -0.2) is 19.9 Å². The number of rotatable bonds is 5. The van der Waals surface area contributed by atoms with Crippen molar-refractivity contribution in [1.29, 1.82) is 5.26 Å². The molecule has 4 aromatic rings. The van der Waals surface area contributed by atoms with Crippen LogP contribution in [0.4, 0.5) is 5.95 Å². The number of imidazole rings is 1. The van der Waals surface area contributed by atoms with Crippen molar-refractivity contribution in [2.24, 2.45) is 0 Å². The van der Waals surface area contributed by atoms with E-state index in [1.54, 1.807) is 18.5 Å². The molecular weight excluding hydrogens is 336 g/mol. The summed E-state index contributed by atoms with van der Waals surface area (Å²) in [6.07, 6.45) is 5.08. The molecule has 0 saturated carbocycles. The van der Waals surface area contributed by atoms with E-state index in [-0.39, 0.29) is 0 Å². The van der Waals surface area contributed by atoms with Gasteiger partial charge < -0.3 is 10.3 Å². The van der Waals surface area contributed by atoms with Gasteiger partial charge in [0.05, 0.1) is 16.6 Å². The lowest BCUT2D eigenvalue weighted by Gasteiger charge is -2.04. The maximum absolute atomic E-state index is 9.50. The van der Waals surface area contributed by atoms with E-state index in [9.17, 15) is 5.26 Å². The number of hydrogen-bond donors (Lipinski definition) is 2. The molecule has 0 bridgehead atoms. The van der Waals surface area contributed by atoms with Gasteiger partial charge in [-0.25, -0.2) is 15.0 Å². The molecule has 0 radical (unpaired) electrons. The van der Waals surface area contributed by atoms with Gasteiger partial charge in [0.15, 0.2) is 0 Å². The van der Waals surface area contributed by atoms with Gasteiger partial charge in [-0.1, -0.05) is 42.5 Å². The third-order valence-electron chi connectivity index (χ3n) is 4.04. The van der Waals surface area contributed by atoms with Crippen LogP contribution in [0.3, 0.4) is 0 Å². The Hall–Kier alpha value is -3.98. The fourth-order valence-corrected chi connectivity index (χ4v) is 2.68. The Morgan fingerprint density at radius 2 is 1.78 bits per heavy atom. The Kier molecular flexibility index (Phi) is 4.58. The summed E-state index contributed by atoms with van der Waals surface area (Å²) in [4.78, 5) is 16.2. The predicted molar refractivity (Wildman–Crippen MR) is 105 cm³/mol. The third kappa shape index (κ3) is 3.83. The van der Waals surface area contributed by atoms with Crippen LogP contribution in [0.2, 0.25) is 0 Å². The van der Waals surface area contributed by atoms with E-state index in [0.29, 0.717) is 23.9 Å². The molecule has 0 spiro atoms. The average molecular weight is 352 g/mol. The van der Waals surface area contributed by atoms with Gasteiger partial charge in [0.1, 0.15) is 11.9 Å². The van der Waals surface area contributed by atoms with Gasteiger partial charge in [-0.15, -0.1) is 0 Å². The van der Waals surface area contributed by atoms with Crippen LogP contribution in [0.5, 0.6) is 0 Å². The summed E-state index contributed by atoms with van der Waals surface area (Å²) < 4.78 is 0. The van der Waals surface area contributed by atoms with Gasteiger partial charge in [0, 0.05) is 24.5 Å². The lowest BCUT2D eigenvalue weighted by Crippen LogP contribution is -2.03. The van der Waals surface area contributed by atoms with Crippen molar-refractivity contribution < 1.29 is 0 Å². The summed E-state index contributed by atoms with van der Waals surface area (Å²) in [5.74, 6) is 1.07. The third-order valence-corrected chi connectivity index (χ3v) is 4.04. The first-order valence-corrected chi connectivity index (χ1v) is 8.48. The van der Waals surface area contributed by atoms with Crippen LogP contribution in [0.25, 0.3) is 22.7 Å². The van der Waals surface area contributed by atoms with Crippen molar-refractivity contribution in [3.05, 3.63) is 83.9 Å². The van der Waals surface area contributed by atoms with E-state index in [1.807, 2.05) is 54.6 Å². The number of aromatic nitrogens is 4. The zero-order valence-electron chi connectivity index (χ0n) is 14.4. The highest BCUT2D eigenvalue weighted by atomic mass is 15.1. The maximum Gasteiger partial charge on any atom is 0.222 e. The molecule has 0 aliphatic rings. The van der Waals surface area contributed by atoms with Crippen LogP contribution < -0.4 is 5.32 Å². The highest BCUT2D eigenvalue weighted by Gasteiger charge is 2.08. The largest absolute Gasteiger partial charge is 0.350 e. The average Bonchev–Trinajstić information content (AvgIpc) is 3.16. The molecule has 0 aliphatic carbocycles. The normalized spacial score (nSPS) is 11.3. The van der Waals surface area contributed by atoms with Crippen LogP contribution in [0.15, 0.2) is 67.0 Å². The fourth-order valence-electron chi connectivity index (χ4n) is 2.68. The number of benzene rings is 2. The molecule has 0 aliphatic heterocycles. The van der Waals surface area contributed by atoms with Gasteiger partial charge in [0.25, 0.3) is 0 Å². The second-order valence-corrected chi connectivity index (χ2v) is 5.95. The molecule has 0 saturated heterocycles. The van der Waals surface area contributed by atoms with Crippen LogP contribution in [-0.2, 0) is 6.54 Å². The number of allylic oxidation sites excluding steroid dienone is 1. The van der Waals surface area contributed by atoms with E-state index >= 15 is 0 Å². The predicted octanol–water partition coefficient (Wildman–Crippen LogP) is 4.03. The van der Waals surface area contributed by atoms with E-state index < -0.39 is 0 Å². The topological polar surface area (TPSA) is 90.3 Å². The highest BCUT2D eigenvalue weighted by Crippen LogP contribution is 2.18. The first-order chi connectivity index (χ1) is 13.3. The lowest BCUT2D eigenvalue weighted by atomic mass is 10.2. The van der Waals surface area contributed by atoms with Crippen molar-refractivity contribution in [3.63, 3.8) is 0 Å². The van der Waals surface area contributed by atoms with Crippen molar-refractivity contribution >= 4 is 28.6 Å². The molecule has 2 aromatic heterocycles. The first-order valence-electron chi connectivity index (χ1n) is 8.48. The van der Waals surface area contributed by atoms with Crippen molar-refractivity contribution in [1.82, 2.24) is 19.9 Å². The Morgan fingerprint density at radius 3 is 2.52 bits per heavy atom. The summed E-state index contributed by atoms with van der Waals surface area (Å²) in [6.45, 7) is 0.651. The van der Waals surface area contributed by atoms with Crippen molar-refractivity contribution in [3.8, 4) is 6.07 Å². The molecule has 130 valence electrons. The number of nitriles is 1. The second-order valence-electron chi connectivity index (χ2n) is 5.95. The molecule has 27 heavy (non-hydrogen) atoms. The number of anilines is 1. The first kappa shape index (κ1) is 16.5. The minimum atomic E-state index is 0.430. The Morgan fingerprint density at radius 1 is 1.04 bits per heavy atom. The Bertz CT molecular complexity index is 1090. The number of nitrogens with one attached hydrogen (secondary N) is 2. The quantitative estimate of drug-likeness (QED) is 0.529. The molecule has 2 N–H and O–H groups in total. The van der Waals surface area contributed by atoms with Gasteiger partial charge in [-0.2, -0.15) is 5.26 Å². The minimum absolute atomic E-state index is 0.430. The number of para-hydroxylation sites is 2. The molecule has 0 amide bonds. The van der Waals surface area contributed by atoms with E-state index in [2.05, 4.69) is 31.3 Å². The van der Waals surface area contributed by atoms with Crippen molar-refractivity contribution in [2.45, 2.75) is 6.54 Å². The highest BCUT2D eigenvalue weighted by molar-refractivity contribution is 5.90. The number of nitrogens with zero attached hydrogens (tertiary/aromatic N) is 4. The van der Waals surface area contributed by atoms with Gasteiger partial charge >= 0.3 is 0 Å². The smallest absolute Gasteiger partial charge is 0.222 e. The van der Waals surface area contributed by atoms with Crippen molar-refractivity contribution in [2.75, 3.05) is 5.32 Å². The molecular formula is C21H16N6. The number of aromatic amines is 1. The van der Waals surface area contributed by atoms with Crippen LogP contribution in [0.1, 0.15) is 17.0 Å². The molecule has 0 atom stereocenters. The summed E-state index contributed by atoms with van der Waals surface area (Å²) in [5.41, 5.74) is 4.04. The van der Waals surface area contributed by atoms with Crippen LogP contribution >= 0.6 is 0 Å². The zero-order chi connectivity index (χ0) is 18.5. The molecule has 0 unspecified atom stereocenters. The van der Waals surface area contributed by atoms with E-state index in [4.69, 9.17) is 0 Å². The Labute approximate surface area is 156 Å². The Balaban J connectivity index is 1.51. The van der Waals surface area contributed by atoms with Gasteiger partial charge in [-0.05, 0) is 23.8 Å². The number of hydrogen-bond acceptors (Lipinski definition) is 5. The summed E-state index contributed by atoms with van der Waals surface area (Å²) >= 11 is 0. The summed E-state index contributed by atoms with van der Waals surface area (Å²) in [5, 5.41) is 12.7. The summed E-state index contributed by atoms with van der Waals surface area (Å²) in [7, 11) is 0. The molecule has 6 heteroatoms. The molecule has 2 heterocycles. The lowest BCUT2D eigenvalue weighted by molar-refractivity contribution is 1.05. The molecule has 6 nitrogen and oxygen atoms in total. The number of fused-ring (bicyclic) bond motifs is 1. The maximum atomic E-state index is 9.50. The van der Waals surface area contributed by atoms with Gasteiger partial charge in [-0.3, -0.25) is 0 Å². The zero-order valence-corrected chi connectivity index (χ0v) is 14.4. The SMILES string of the molecule is N#C/C(=C\c1cnc(NCc2ccccc2)nc1)c1nc2ccccc2[nH]1. The minimum Gasteiger partial charge on any atom is -0.350 e. The molecule has 2 aromatic carbocycles. The van der Waals surface area contributed by atoms with Crippen LogP contribution in [0, 0.1) is 11.3 Å². The summed E-state index contributed by atoms with van der Waals surface area (Å²) in [6, 6.07) is 19.9. The standard InChI is InChI=1S/C21H16N6/c22-11-17(20-26-18-8-4-5-9-19(18)27-20)10-16-13-24-21(25-14-16)23-12-15-6-2-1-3-7-15/h1-10,13-14H,12H2,(H,26,27)(H,23,24,25)/b17-10+. The molecule has 4 rings (SSSR count). The fraction of sp³-hybridized carbons (Fsp3) is 0.0476. The second kappa shape index (κ2) is 7.50.